The monoisotopic (exact) mass is 430 g/mol. The van der Waals surface area contributed by atoms with Crippen LogP contribution in [-0.4, -0.2) is 53.7 Å². The Labute approximate surface area is 181 Å². The van der Waals surface area contributed by atoms with Crippen LogP contribution in [0.3, 0.4) is 0 Å². The zero-order valence-electron chi connectivity index (χ0n) is 19.0. The van der Waals surface area contributed by atoms with Crippen molar-refractivity contribution in [2.45, 2.75) is 115 Å². The third-order valence-corrected chi connectivity index (χ3v) is 7.69. The topological polar surface area (TPSA) is 88.6 Å². The molecule has 29 heavy (non-hydrogen) atoms. The first-order chi connectivity index (χ1) is 13.8. The number of aliphatic hydroxyl groups excluding tert-OH is 2. The third-order valence-electron chi connectivity index (χ3n) is 7.15. The lowest BCUT2D eigenvalue weighted by atomic mass is 9.74. The lowest BCUT2D eigenvalue weighted by Gasteiger charge is -2.40. The molecule has 0 heterocycles. The summed E-state index contributed by atoms with van der Waals surface area (Å²) >= 11 is 0. The number of nitrogens with one attached hydrogen (secondary N) is 4. The molecule has 9 atom stereocenters. The Bertz CT molecular complexity index is 451. The first-order valence-corrected chi connectivity index (χ1v) is 12.6. The normalized spacial score (nSPS) is 31.8. The Hall–Kier alpha value is 0.190. The van der Waals surface area contributed by atoms with Gasteiger partial charge < -0.3 is 15.5 Å². The Morgan fingerprint density at radius 1 is 0.931 bits per heavy atom. The summed E-state index contributed by atoms with van der Waals surface area (Å²) < 4.78 is 0. The molecule has 9 unspecified atom stereocenters. The van der Waals surface area contributed by atoms with E-state index in [0.29, 0.717) is 23.4 Å². The van der Waals surface area contributed by atoms with Gasteiger partial charge in [-0.1, -0.05) is 33.1 Å². The zero-order valence-corrected chi connectivity index (χ0v) is 20.2. The lowest BCUT2D eigenvalue weighted by Crippen LogP contribution is -2.60. The fourth-order valence-electron chi connectivity index (χ4n) is 5.37. The van der Waals surface area contributed by atoms with Gasteiger partial charge in [-0.3, -0.25) is 16.0 Å². The molecule has 0 amide bonds. The van der Waals surface area contributed by atoms with Crippen molar-refractivity contribution in [1.29, 1.82) is 0 Å². The SMILES string of the molecule is CCC(O)C1CC(NC(O)NC(C)NC(NC)C2CCCCC2)CC(C(C)P)C1. The summed E-state index contributed by atoms with van der Waals surface area (Å²) in [5, 5.41) is 34.7. The van der Waals surface area contributed by atoms with Crippen molar-refractivity contribution in [3.05, 3.63) is 0 Å². The molecule has 0 aromatic carbocycles. The van der Waals surface area contributed by atoms with Crippen molar-refractivity contribution >= 4 is 9.24 Å². The molecule has 6 N–H and O–H groups in total. The second-order valence-electron chi connectivity index (χ2n) is 9.55. The molecule has 2 aliphatic rings. The van der Waals surface area contributed by atoms with Crippen molar-refractivity contribution in [1.82, 2.24) is 21.3 Å². The molecule has 2 fully saturated rings. The molecule has 0 saturated heterocycles. The molecule has 2 rings (SSSR count). The average molecular weight is 431 g/mol. The van der Waals surface area contributed by atoms with Crippen LogP contribution >= 0.6 is 9.24 Å². The highest BCUT2D eigenvalue weighted by atomic mass is 31.0. The van der Waals surface area contributed by atoms with Gasteiger partial charge in [-0.25, -0.2) is 0 Å². The molecular formula is C22H47N4O2P. The van der Waals surface area contributed by atoms with Crippen LogP contribution in [0, 0.1) is 17.8 Å². The van der Waals surface area contributed by atoms with Crippen LogP contribution in [0.25, 0.3) is 0 Å². The van der Waals surface area contributed by atoms with Crippen LogP contribution in [0.5, 0.6) is 0 Å². The van der Waals surface area contributed by atoms with Gasteiger partial charge in [0.25, 0.3) is 0 Å². The maximum Gasteiger partial charge on any atom is 0.161 e. The largest absolute Gasteiger partial charge is 0.393 e. The number of hydrogen-bond acceptors (Lipinski definition) is 6. The number of rotatable bonds is 11. The van der Waals surface area contributed by atoms with E-state index < -0.39 is 6.35 Å². The minimum Gasteiger partial charge on any atom is -0.393 e. The molecule has 0 radical (unpaired) electrons. The van der Waals surface area contributed by atoms with Gasteiger partial charge in [-0.2, -0.15) is 0 Å². The standard InChI is InChI=1S/C22H47N4O2P/c1-5-20(27)18-11-17(14(2)29)12-19(13-18)26-22(28)25-15(3)24-21(23-4)16-9-7-6-8-10-16/h14-28H,5-13,29H2,1-4H3. The maximum absolute atomic E-state index is 10.6. The van der Waals surface area contributed by atoms with Crippen LogP contribution in [-0.2, 0) is 0 Å². The molecule has 2 saturated carbocycles. The molecule has 0 aromatic rings. The van der Waals surface area contributed by atoms with E-state index in [2.05, 4.69) is 51.3 Å². The predicted octanol–water partition coefficient (Wildman–Crippen LogP) is 2.32. The van der Waals surface area contributed by atoms with Gasteiger partial charge in [0.05, 0.1) is 18.4 Å². The van der Waals surface area contributed by atoms with E-state index in [9.17, 15) is 10.2 Å². The van der Waals surface area contributed by atoms with E-state index in [1.54, 1.807) is 0 Å². The van der Waals surface area contributed by atoms with Crippen molar-refractivity contribution in [3.63, 3.8) is 0 Å². The van der Waals surface area contributed by atoms with E-state index >= 15 is 0 Å². The summed E-state index contributed by atoms with van der Waals surface area (Å²) in [6.45, 7) is 6.35. The van der Waals surface area contributed by atoms with Gasteiger partial charge in [-0.15, -0.1) is 9.24 Å². The second kappa shape index (κ2) is 12.9. The fourth-order valence-corrected chi connectivity index (χ4v) is 5.68. The molecule has 0 aliphatic heterocycles. The summed E-state index contributed by atoms with van der Waals surface area (Å²) in [6, 6.07) is 0.219. The number of hydrogen-bond donors (Lipinski definition) is 6. The molecule has 6 nitrogen and oxygen atoms in total. The second-order valence-corrected chi connectivity index (χ2v) is 10.6. The van der Waals surface area contributed by atoms with E-state index in [-0.39, 0.29) is 24.5 Å². The molecule has 0 aromatic heterocycles. The first-order valence-electron chi connectivity index (χ1n) is 11.9. The highest BCUT2D eigenvalue weighted by molar-refractivity contribution is 7.17. The Morgan fingerprint density at radius 3 is 2.17 bits per heavy atom. The van der Waals surface area contributed by atoms with E-state index in [1.807, 2.05) is 7.05 Å². The van der Waals surface area contributed by atoms with Crippen LogP contribution in [0.15, 0.2) is 0 Å². The summed E-state index contributed by atoms with van der Waals surface area (Å²) in [5.74, 6) is 1.52. The highest BCUT2D eigenvalue weighted by Crippen LogP contribution is 2.36. The first kappa shape index (κ1) is 25.5. The van der Waals surface area contributed by atoms with Gasteiger partial charge in [0.2, 0.25) is 0 Å². The molecule has 7 heteroatoms. The Balaban J connectivity index is 1.83. The summed E-state index contributed by atoms with van der Waals surface area (Å²) in [6.07, 6.45) is 9.62. The van der Waals surface area contributed by atoms with E-state index in [1.165, 1.54) is 32.1 Å². The van der Waals surface area contributed by atoms with Gasteiger partial charge in [0.1, 0.15) is 0 Å². The summed E-state index contributed by atoms with van der Waals surface area (Å²) in [7, 11) is 4.93. The molecule has 0 bridgehead atoms. The van der Waals surface area contributed by atoms with Crippen LogP contribution < -0.4 is 21.3 Å². The van der Waals surface area contributed by atoms with Crippen molar-refractivity contribution in [2.75, 3.05) is 7.05 Å². The van der Waals surface area contributed by atoms with Gasteiger partial charge in [-0.05, 0) is 75.9 Å². The van der Waals surface area contributed by atoms with Crippen molar-refractivity contribution in [3.8, 4) is 0 Å². The predicted molar refractivity (Wildman–Crippen MR) is 124 cm³/mol. The third kappa shape index (κ3) is 8.33. The maximum atomic E-state index is 10.6. The summed E-state index contributed by atoms with van der Waals surface area (Å²) in [5.41, 5.74) is 0.517. The van der Waals surface area contributed by atoms with Crippen molar-refractivity contribution in [2.24, 2.45) is 17.8 Å². The molecule has 2 aliphatic carbocycles. The van der Waals surface area contributed by atoms with E-state index in [0.717, 1.165) is 25.7 Å². The fraction of sp³-hybridized carbons (Fsp3) is 1.00. The van der Waals surface area contributed by atoms with Crippen LogP contribution in [0.4, 0.5) is 0 Å². The molecule has 172 valence electrons. The van der Waals surface area contributed by atoms with Crippen LogP contribution in [0.1, 0.15) is 78.6 Å². The van der Waals surface area contributed by atoms with Crippen molar-refractivity contribution < 1.29 is 10.2 Å². The van der Waals surface area contributed by atoms with Gasteiger partial charge in [0.15, 0.2) is 6.35 Å². The minimum absolute atomic E-state index is 0.00560. The zero-order chi connectivity index (χ0) is 21.4. The lowest BCUT2D eigenvalue weighted by molar-refractivity contribution is 0.0228. The minimum atomic E-state index is -0.760. The quantitative estimate of drug-likeness (QED) is 0.223. The van der Waals surface area contributed by atoms with E-state index in [4.69, 9.17) is 0 Å². The average Bonchev–Trinajstić information content (AvgIpc) is 2.71. The molecular weight excluding hydrogens is 383 g/mol. The Morgan fingerprint density at radius 2 is 1.59 bits per heavy atom. The Kier molecular flexibility index (Phi) is 11.3. The van der Waals surface area contributed by atoms with Gasteiger partial charge >= 0.3 is 0 Å². The summed E-state index contributed by atoms with van der Waals surface area (Å²) in [4.78, 5) is 0. The highest BCUT2D eigenvalue weighted by Gasteiger charge is 2.34. The molecule has 0 spiro atoms. The van der Waals surface area contributed by atoms with Gasteiger partial charge in [0, 0.05) is 6.04 Å². The smallest absolute Gasteiger partial charge is 0.161 e. The number of aliphatic hydroxyl groups is 2. The van der Waals surface area contributed by atoms with Crippen LogP contribution in [0.2, 0.25) is 0 Å².